The average Bonchev–Trinajstić information content (AvgIpc) is 2.29. The number of benzene rings is 1. The Kier molecular flexibility index (Phi) is 6.19. The molecule has 0 radical (unpaired) electrons. The highest BCUT2D eigenvalue weighted by Crippen LogP contribution is 2.30. The van der Waals surface area contributed by atoms with Gasteiger partial charge in [-0.1, -0.05) is 51.1 Å². The molecule has 1 rings (SSSR count). The van der Waals surface area contributed by atoms with Gasteiger partial charge in [-0.2, -0.15) is 11.8 Å². The summed E-state index contributed by atoms with van der Waals surface area (Å²) in [5, 5.41) is 19.5. The van der Waals surface area contributed by atoms with E-state index in [2.05, 4.69) is 32.9 Å². The molecule has 0 heterocycles. The highest BCUT2D eigenvalue weighted by atomic mass is 32.2. The Labute approximate surface area is 114 Å². The summed E-state index contributed by atoms with van der Waals surface area (Å²) >= 11 is 1.71. The van der Waals surface area contributed by atoms with Crippen LogP contribution in [0.4, 0.5) is 0 Å². The number of rotatable bonds is 6. The monoisotopic (exact) mass is 268 g/mol. The summed E-state index contributed by atoms with van der Waals surface area (Å²) < 4.78 is 0. The fraction of sp³-hybridized carbons (Fsp3) is 0.600. The van der Waals surface area contributed by atoms with Crippen LogP contribution in [0.15, 0.2) is 30.3 Å². The molecule has 0 saturated carbocycles. The highest BCUT2D eigenvalue weighted by Gasteiger charge is 2.30. The molecule has 0 aliphatic rings. The molecule has 2 atom stereocenters. The summed E-state index contributed by atoms with van der Waals surface area (Å²) in [6.45, 7) is 6.20. The first kappa shape index (κ1) is 15.5. The molecule has 3 heteroatoms. The lowest BCUT2D eigenvalue weighted by Crippen LogP contribution is -2.36. The van der Waals surface area contributed by atoms with E-state index in [1.807, 2.05) is 18.2 Å². The number of thioether (sulfide) groups is 1. The van der Waals surface area contributed by atoms with E-state index in [9.17, 15) is 10.2 Å². The number of aliphatic hydroxyl groups excluding tert-OH is 2. The Morgan fingerprint density at radius 2 is 1.78 bits per heavy atom. The molecule has 102 valence electrons. The fourth-order valence-electron chi connectivity index (χ4n) is 1.96. The zero-order valence-corrected chi connectivity index (χ0v) is 12.3. The van der Waals surface area contributed by atoms with Crippen LogP contribution in [0.5, 0.6) is 0 Å². The molecule has 0 aromatic heterocycles. The summed E-state index contributed by atoms with van der Waals surface area (Å²) in [6.07, 6.45) is -0.455. The van der Waals surface area contributed by atoms with Crippen LogP contribution in [0.25, 0.3) is 0 Å². The van der Waals surface area contributed by atoms with Gasteiger partial charge in [0, 0.05) is 24.0 Å². The lowest BCUT2D eigenvalue weighted by Gasteiger charge is -2.32. The van der Waals surface area contributed by atoms with Crippen molar-refractivity contribution in [2.45, 2.75) is 32.6 Å². The van der Waals surface area contributed by atoms with E-state index < -0.39 is 6.10 Å². The maximum Gasteiger partial charge on any atom is 0.0685 e. The molecule has 0 aliphatic heterocycles. The van der Waals surface area contributed by atoms with Gasteiger partial charge < -0.3 is 10.2 Å². The molecule has 0 amide bonds. The molecule has 2 unspecified atom stereocenters. The summed E-state index contributed by atoms with van der Waals surface area (Å²) in [7, 11) is 0. The van der Waals surface area contributed by atoms with Crippen molar-refractivity contribution in [3.8, 4) is 0 Å². The van der Waals surface area contributed by atoms with Crippen LogP contribution in [0.3, 0.4) is 0 Å². The zero-order valence-electron chi connectivity index (χ0n) is 11.5. The van der Waals surface area contributed by atoms with Gasteiger partial charge in [-0.25, -0.2) is 0 Å². The van der Waals surface area contributed by atoms with Crippen molar-refractivity contribution in [3.63, 3.8) is 0 Å². The van der Waals surface area contributed by atoms with E-state index in [0.29, 0.717) is 5.75 Å². The largest absolute Gasteiger partial charge is 0.396 e. The fourth-order valence-corrected chi connectivity index (χ4v) is 2.98. The first-order valence-corrected chi connectivity index (χ1v) is 7.51. The van der Waals surface area contributed by atoms with Gasteiger partial charge in [-0.3, -0.25) is 0 Å². The van der Waals surface area contributed by atoms with Gasteiger partial charge in [0.1, 0.15) is 0 Å². The van der Waals surface area contributed by atoms with Crippen molar-refractivity contribution >= 4 is 11.8 Å². The van der Waals surface area contributed by atoms with E-state index in [1.165, 1.54) is 5.56 Å². The van der Waals surface area contributed by atoms with Crippen molar-refractivity contribution in [2.75, 3.05) is 12.4 Å². The van der Waals surface area contributed by atoms with Crippen LogP contribution < -0.4 is 0 Å². The molecule has 0 spiro atoms. The van der Waals surface area contributed by atoms with Crippen molar-refractivity contribution in [1.29, 1.82) is 0 Å². The molecule has 1 aromatic carbocycles. The van der Waals surface area contributed by atoms with E-state index in [1.54, 1.807) is 11.8 Å². The third kappa shape index (κ3) is 5.01. The molecule has 0 bridgehead atoms. The van der Waals surface area contributed by atoms with Gasteiger partial charge in [0.2, 0.25) is 0 Å². The highest BCUT2D eigenvalue weighted by molar-refractivity contribution is 7.98. The van der Waals surface area contributed by atoms with Crippen LogP contribution in [0, 0.1) is 11.3 Å². The van der Waals surface area contributed by atoms with Crippen LogP contribution in [0.1, 0.15) is 26.3 Å². The second-order valence-corrected chi connectivity index (χ2v) is 6.75. The van der Waals surface area contributed by atoms with Gasteiger partial charge in [0.25, 0.3) is 0 Å². The Morgan fingerprint density at radius 3 is 2.28 bits per heavy atom. The Morgan fingerprint density at radius 1 is 1.17 bits per heavy atom. The first-order chi connectivity index (χ1) is 8.45. The SMILES string of the molecule is CC(C)(C)C(CO)C(O)CSCc1ccccc1. The van der Waals surface area contributed by atoms with Gasteiger partial charge >= 0.3 is 0 Å². The van der Waals surface area contributed by atoms with Crippen LogP contribution in [-0.2, 0) is 5.75 Å². The summed E-state index contributed by atoms with van der Waals surface area (Å²) in [4.78, 5) is 0. The molecular weight excluding hydrogens is 244 g/mol. The van der Waals surface area contributed by atoms with Crippen molar-refractivity contribution in [2.24, 2.45) is 11.3 Å². The van der Waals surface area contributed by atoms with Gasteiger partial charge in [-0.05, 0) is 11.0 Å². The van der Waals surface area contributed by atoms with Crippen LogP contribution >= 0.6 is 11.8 Å². The smallest absolute Gasteiger partial charge is 0.0685 e. The van der Waals surface area contributed by atoms with Gasteiger partial charge in [0.05, 0.1) is 6.10 Å². The maximum atomic E-state index is 10.1. The predicted molar refractivity (Wildman–Crippen MR) is 78.6 cm³/mol. The molecule has 2 N–H and O–H groups in total. The van der Waals surface area contributed by atoms with Crippen molar-refractivity contribution < 1.29 is 10.2 Å². The third-order valence-corrected chi connectivity index (χ3v) is 4.29. The average molecular weight is 268 g/mol. The summed E-state index contributed by atoms with van der Waals surface area (Å²) in [6, 6.07) is 10.2. The van der Waals surface area contributed by atoms with E-state index in [0.717, 1.165) is 5.75 Å². The minimum Gasteiger partial charge on any atom is -0.396 e. The molecule has 2 nitrogen and oxygen atoms in total. The summed E-state index contributed by atoms with van der Waals surface area (Å²) in [5.74, 6) is 1.50. The number of hydrogen-bond acceptors (Lipinski definition) is 3. The van der Waals surface area contributed by atoms with Crippen LogP contribution in [0.2, 0.25) is 0 Å². The lowest BCUT2D eigenvalue weighted by atomic mass is 9.78. The number of hydrogen-bond donors (Lipinski definition) is 2. The lowest BCUT2D eigenvalue weighted by molar-refractivity contribution is 0.0191. The third-order valence-electron chi connectivity index (χ3n) is 3.17. The predicted octanol–water partition coefficient (Wildman–Crippen LogP) is 2.94. The van der Waals surface area contributed by atoms with E-state index >= 15 is 0 Å². The van der Waals surface area contributed by atoms with E-state index in [4.69, 9.17) is 0 Å². The van der Waals surface area contributed by atoms with E-state index in [-0.39, 0.29) is 17.9 Å². The molecular formula is C15H24O2S. The minimum atomic E-state index is -0.455. The topological polar surface area (TPSA) is 40.5 Å². The quantitative estimate of drug-likeness (QED) is 0.833. The van der Waals surface area contributed by atoms with Crippen molar-refractivity contribution in [1.82, 2.24) is 0 Å². The molecule has 18 heavy (non-hydrogen) atoms. The van der Waals surface area contributed by atoms with Gasteiger partial charge in [-0.15, -0.1) is 0 Å². The maximum absolute atomic E-state index is 10.1. The zero-order chi connectivity index (χ0) is 13.6. The standard InChI is InChI=1S/C15H24O2S/c1-15(2,3)13(9-16)14(17)11-18-10-12-7-5-4-6-8-12/h4-8,13-14,16-17H,9-11H2,1-3H3. The number of aliphatic hydroxyl groups is 2. The van der Waals surface area contributed by atoms with Gasteiger partial charge in [0.15, 0.2) is 0 Å². The minimum absolute atomic E-state index is 0.0383. The summed E-state index contributed by atoms with van der Waals surface area (Å²) in [5.41, 5.74) is 1.20. The first-order valence-electron chi connectivity index (χ1n) is 6.35. The van der Waals surface area contributed by atoms with Crippen molar-refractivity contribution in [3.05, 3.63) is 35.9 Å². The molecule has 0 aliphatic carbocycles. The Hall–Kier alpha value is -0.510. The molecule has 0 saturated heterocycles. The Balaban J connectivity index is 2.39. The van der Waals surface area contributed by atoms with Crippen LogP contribution in [-0.4, -0.2) is 28.7 Å². The Bertz CT molecular complexity index is 332. The molecule has 0 fully saturated rings. The second kappa shape index (κ2) is 7.17. The normalized spacial score (nSPS) is 15.4. The molecule has 1 aromatic rings. The second-order valence-electron chi connectivity index (χ2n) is 5.72.